The molecule has 0 atom stereocenters. The first kappa shape index (κ1) is 14.2. The van der Waals surface area contributed by atoms with Crippen LogP contribution in [0.2, 0.25) is 0 Å². The topological polar surface area (TPSA) is 46.2 Å². The average molecular weight is 242 g/mol. The van der Waals surface area contributed by atoms with Gasteiger partial charge in [0.15, 0.2) is 0 Å². The second-order valence-electron chi connectivity index (χ2n) is 4.61. The van der Waals surface area contributed by atoms with Crippen molar-refractivity contribution in [3.8, 4) is 0 Å². The second kappa shape index (κ2) is 5.93. The van der Waals surface area contributed by atoms with Gasteiger partial charge in [0.25, 0.3) is 0 Å². The number of hydrogen-bond donors (Lipinski definition) is 1. The van der Waals surface area contributed by atoms with Gasteiger partial charge in [-0.15, -0.1) is 11.6 Å². The van der Waals surface area contributed by atoms with E-state index in [1.807, 2.05) is 20.8 Å². The molecule has 0 heterocycles. The number of alkyl halides is 1. The Bertz CT molecular complexity index is 244. The van der Waals surface area contributed by atoms with Crippen LogP contribution in [0.1, 0.15) is 33.6 Å². The first-order valence-corrected chi connectivity index (χ1v) is 6.99. The van der Waals surface area contributed by atoms with Crippen molar-refractivity contribution in [2.45, 2.75) is 33.6 Å². The standard InChI is InChI=1S/C9H20ClNO2S/c1-9(2,3)8-14(12,13)11-7-5-4-6-10/h11H,4-8H2,1-3H3. The molecule has 0 fully saturated rings. The van der Waals surface area contributed by atoms with E-state index in [0.717, 1.165) is 12.8 Å². The fourth-order valence-corrected chi connectivity index (χ4v) is 2.95. The maximum Gasteiger partial charge on any atom is 0.212 e. The van der Waals surface area contributed by atoms with Gasteiger partial charge in [0.05, 0.1) is 5.75 Å². The molecule has 0 aliphatic carbocycles. The molecule has 14 heavy (non-hydrogen) atoms. The van der Waals surface area contributed by atoms with Crippen molar-refractivity contribution < 1.29 is 8.42 Å². The van der Waals surface area contributed by atoms with E-state index in [1.54, 1.807) is 0 Å². The van der Waals surface area contributed by atoms with E-state index in [2.05, 4.69) is 4.72 Å². The summed E-state index contributed by atoms with van der Waals surface area (Å²) in [6.45, 7) is 6.21. The maximum absolute atomic E-state index is 11.5. The van der Waals surface area contributed by atoms with E-state index in [-0.39, 0.29) is 11.2 Å². The largest absolute Gasteiger partial charge is 0.215 e. The predicted molar refractivity (Wildman–Crippen MR) is 61.2 cm³/mol. The zero-order valence-corrected chi connectivity index (χ0v) is 10.7. The molecule has 1 N–H and O–H groups in total. The Kier molecular flexibility index (Phi) is 6.02. The van der Waals surface area contributed by atoms with Gasteiger partial charge >= 0.3 is 0 Å². The quantitative estimate of drug-likeness (QED) is 0.571. The number of nitrogens with one attached hydrogen (secondary N) is 1. The molecule has 0 amide bonds. The van der Waals surface area contributed by atoms with Crippen molar-refractivity contribution in [1.29, 1.82) is 0 Å². The van der Waals surface area contributed by atoms with Gasteiger partial charge in [-0.3, -0.25) is 0 Å². The lowest BCUT2D eigenvalue weighted by Crippen LogP contribution is -2.32. The Morgan fingerprint density at radius 3 is 2.21 bits per heavy atom. The van der Waals surface area contributed by atoms with Gasteiger partial charge in [-0.25, -0.2) is 13.1 Å². The molecule has 5 heteroatoms. The van der Waals surface area contributed by atoms with E-state index >= 15 is 0 Å². The van der Waals surface area contributed by atoms with Crippen LogP contribution in [0.5, 0.6) is 0 Å². The Labute approximate surface area is 92.3 Å². The van der Waals surface area contributed by atoms with Gasteiger partial charge < -0.3 is 0 Å². The van der Waals surface area contributed by atoms with E-state index in [9.17, 15) is 8.42 Å². The molecule has 0 aromatic carbocycles. The van der Waals surface area contributed by atoms with E-state index in [1.165, 1.54) is 0 Å². The second-order valence-corrected chi connectivity index (χ2v) is 6.79. The molecule has 0 radical (unpaired) electrons. The highest BCUT2D eigenvalue weighted by atomic mass is 35.5. The maximum atomic E-state index is 11.5. The molecule has 0 aromatic heterocycles. The summed E-state index contributed by atoms with van der Waals surface area (Å²) < 4.78 is 25.5. The molecule has 0 unspecified atom stereocenters. The molecular weight excluding hydrogens is 222 g/mol. The highest BCUT2D eigenvalue weighted by molar-refractivity contribution is 7.89. The lowest BCUT2D eigenvalue weighted by atomic mass is 10.0. The van der Waals surface area contributed by atoms with E-state index in [0.29, 0.717) is 12.4 Å². The molecule has 0 rings (SSSR count). The summed E-state index contributed by atoms with van der Waals surface area (Å²) >= 11 is 5.48. The van der Waals surface area contributed by atoms with Crippen LogP contribution in [0.3, 0.4) is 0 Å². The summed E-state index contributed by atoms with van der Waals surface area (Å²) in [4.78, 5) is 0. The molecule has 0 aromatic rings. The van der Waals surface area contributed by atoms with Crippen LogP contribution in [0.4, 0.5) is 0 Å². The highest BCUT2D eigenvalue weighted by Gasteiger charge is 2.20. The normalized spacial score (nSPS) is 13.1. The molecule has 0 spiro atoms. The lowest BCUT2D eigenvalue weighted by Gasteiger charge is -2.18. The summed E-state index contributed by atoms with van der Waals surface area (Å²) in [5.41, 5.74) is -0.196. The van der Waals surface area contributed by atoms with Crippen molar-refractivity contribution in [2.75, 3.05) is 18.2 Å². The van der Waals surface area contributed by atoms with Crippen LogP contribution < -0.4 is 4.72 Å². The van der Waals surface area contributed by atoms with E-state index < -0.39 is 10.0 Å². The third kappa shape index (κ3) is 8.78. The van der Waals surface area contributed by atoms with Crippen LogP contribution in [0.15, 0.2) is 0 Å². The third-order valence-electron chi connectivity index (χ3n) is 1.51. The number of rotatable bonds is 6. The molecule has 0 saturated carbocycles. The van der Waals surface area contributed by atoms with Crippen LogP contribution in [0.25, 0.3) is 0 Å². The van der Waals surface area contributed by atoms with E-state index in [4.69, 9.17) is 11.6 Å². The zero-order valence-electron chi connectivity index (χ0n) is 9.14. The molecule has 0 bridgehead atoms. The van der Waals surface area contributed by atoms with Crippen molar-refractivity contribution >= 4 is 21.6 Å². The van der Waals surface area contributed by atoms with Crippen molar-refractivity contribution in [3.05, 3.63) is 0 Å². The van der Waals surface area contributed by atoms with Crippen molar-refractivity contribution in [3.63, 3.8) is 0 Å². The Morgan fingerprint density at radius 1 is 1.21 bits per heavy atom. The van der Waals surface area contributed by atoms with Crippen LogP contribution in [0, 0.1) is 5.41 Å². The SMILES string of the molecule is CC(C)(C)CS(=O)(=O)NCCCCCl. The summed E-state index contributed by atoms with van der Waals surface area (Å²) in [5, 5.41) is 0. The Hall–Kier alpha value is 0.200. The average Bonchev–Trinajstić information content (AvgIpc) is 1.93. The minimum Gasteiger partial charge on any atom is -0.215 e. The van der Waals surface area contributed by atoms with Crippen LogP contribution >= 0.6 is 11.6 Å². The Balaban J connectivity index is 3.86. The van der Waals surface area contributed by atoms with Crippen molar-refractivity contribution in [1.82, 2.24) is 4.72 Å². The van der Waals surface area contributed by atoms with Gasteiger partial charge in [0.1, 0.15) is 0 Å². The Morgan fingerprint density at radius 2 is 1.79 bits per heavy atom. The minimum atomic E-state index is -3.11. The molecule has 3 nitrogen and oxygen atoms in total. The van der Waals surface area contributed by atoms with Gasteiger partial charge in [0.2, 0.25) is 10.0 Å². The monoisotopic (exact) mass is 241 g/mol. The van der Waals surface area contributed by atoms with Crippen molar-refractivity contribution in [2.24, 2.45) is 5.41 Å². The fourth-order valence-electron chi connectivity index (χ4n) is 1.07. The van der Waals surface area contributed by atoms with Gasteiger partial charge in [-0.2, -0.15) is 0 Å². The number of unbranched alkanes of at least 4 members (excludes halogenated alkanes) is 1. The smallest absolute Gasteiger partial charge is 0.212 e. The lowest BCUT2D eigenvalue weighted by molar-refractivity contribution is 0.457. The van der Waals surface area contributed by atoms with Gasteiger partial charge in [-0.1, -0.05) is 20.8 Å². The summed E-state index contributed by atoms with van der Waals surface area (Å²) in [6.07, 6.45) is 1.65. The van der Waals surface area contributed by atoms with Crippen LogP contribution in [-0.2, 0) is 10.0 Å². The van der Waals surface area contributed by atoms with Gasteiger partial charge in [0, 0.05) is 12.4 Å². The molecule has 86 valence electrons. The highest BCUT2D eigenvalue weighted by Crippen LogP contribution is 2.15. The summed E-state index contributed by atoms with van der Waals surface area (Å²) in [7, 11) is -3.11. The van der Waals surface area contributed by atoms with Crippen LogP contribution in [-0.4, -0.2) is 26.6 Å². The fraction of sp³-hybridized carbons (Fsp3) is 1.00. The summed E-state index contributed by atoms with van der Waals surface area (Å²) in [6, 6.07) is 0. The predicted octanol–water partition coefficient (Wildman–Crippen LogP) is 1.97. The zero-order chi connectivity index (χ0) is 11.2. The first-order valence-electron chi connectivity index (χ1n) is 4.80. The molecule has 0 saturated heterocycles. The molecular formula is C9H20ClNO2S. The van der Waals surface area contributed by atoms with Gasteiger partial charge in [-0.05, 0) is 18.3 Å². The summed E-state index contributed by atoms with van der Waals surface area (Å²) in [5.74, 6) is 0.752. The molecule has 0 aliphatic heterocycles. The number of hydrogen-bond acceptors (Lipinski definition) is 2. The first-order chi connectivity index (χ1) is 6.27. The molecule has 0 aliphatic rings. The minimum absolute atomic E-state index is 0.168. The third-order valence-corrected chi connectivity index (χ3v) is 3.66. The number of sulfonamides is 1. The number of halogens is 1.